The number of rotatable bonds is 6. The summed E-state index contributed by atoms with van der Waals surface area (Å²) in [6.07, 6.45) is 8.84. The maximum Gasteiger partial charge on any atom is 0.226 e. The minimum Gasteiger partial charge on any atom is -0.301 e. The summed E-state index contributed by atoms with van der Waals surface area (Å²) in [5, 5.41) is 12.7. The standard InChI is InChI=1S/C13H21N3OS/c1-2-3-8-12-15-16-13(18-12)14-11(17)9-10-6-4-5-7-10/h10H,2-9H2,1H3,(H,14,16,17). The molecule has 0 spiro atoms. The quantitative estimate of drug-likeness (QED) is 0.859. The van der Waals surface area contributed by atoms with Gasteiger partial charge in [-0.15, -0.1) is 10.2 Å². The predicted octanol–water partition coefficient (Wildman–Crippen LogP) is 3.40. The molecule has 0 aromatic carbocycles. The zero-order chi connectivity index (χ0) is 12.8. The van der Waals surface area contributed by atoms with Crippen molar-refractivity contribution in [3.63, 3.8) is 0 Å². The monoisotopic (exact) mass is 267 g/mol. The second kappa shape index (κ2) is 6.83. The Balaban J connectivity index is 1.77. The molecule has 0 aliphatic heterocycles. The Morgan fingerprint density at radius 2 is 2.17 bits per heavy atom. The minimum absolute atomic E-state index is 0.0973. The Labute approximate surface area is 112 Å². The molecule has 5 heteroatoms. The molecule has 1 aromatic heterocycles. The van der Waals surface area contributed by atoms with E-state index in [0.29, 0.717) is 17.5 Å². The number of nitrogens with one attached hydrogen (secondary N) is 1. The van der Waals surface area contributed by atoms with Crippen LogP contribution in [0.4, 0.5) is 5.13 Å². The first-order valence-corrected chi connectivity index (χ1v) is 7.72. The summed E-state index contributed by atoms with van der Waals surface area (Å²) >= 11 is 1.50. The first-order valence-electron chi connectivity index (χ1n) is 6.90. The van der Waals surface area contributed by atoms with E-state index in [1.165, 1.54) is 37.0 Å². The zero-order valence-electron chi connectivity index (χ0n) is 10.9. The Hall–Kier alpha value is -0.970. The van der Waals surface area contributed by atoms with Gasteiger partial charge in [-0.2, -0.15) is 0 Å². The van der Waals surface area contributed by atoms with Gasteiger partial charge >= 0.3 is 0 Å². The largest absolute Gasteiger partial charge is 0.301 e. The van der Waals surface area contributed by atoms with Gasteiger partial charge in [0, 0.05) is 12.8 Å². The van der Waals surface area contributed by atoms with Crippen LogP contribution in [0.1, 0.15) is 56.9 Å². The van der Waals surface area contributed by atoms with Crippen LogP contribution in [-0.4, -0.2) is 16.1 Å². The van der Waals surface area contributed by atoms with Gasteiger partial charge in [0.05, 0.1) is 0 Å². The van der Waals surface area contributed by atoms with Crippen LogP contribution in [-0.2, 0) is 11.2 Å². The van der Waals surface area contributed by atoms with E-state index < -0.39 is 0 Å². The average Bonchev–Trinajstić information content (AvgIpc) is 2.98. The molecule has 0 atom stereocenters. The van der Waals surface area contributed by atoms with Gasteiger partial charge in [0.2, 0.25) is 11.0 Å². The van der Waals surface area contributed by atoms with E-state index >= 15 is 0 Å². The summed E-state index contributed by atoms with van der Waals surface area (Å²) in [5.74, 6) is 0.678. The SMILES string of the molecule is CCCCc1nnc(NC(=O)CC2CCCC2)s1. The maximum absolute atomic E-state index is 11.8. The Morgan fingerprint density at radius 1 is 1.39 bits per heavy atom. The number of hydrogen-bond donors (Lipinski definition) is 1. The molecule has 0 radical (unpaired) electrons. The van der Waals surface area contributed by atoms with Crippen LogP contribution in [0.5, 0.6) is 0 Å². The van der Waals surface area contributed by atoms with Crippen molar-refractivity contribution in [2.45, 2.75) is 58.3 Å². The van der Waals surface area contributed by atoms with Gasteiger partial charge in [-0.25, -0.2) is 0 Å². The molecule has 1 saturated carbocycles. The fraction of sp³-hybridized carbons (Fsp3) is 0.769. The number of amides is 1. The summed E-state index contributed by atoms with van der Waals surface area (Å²) < 4.78 is 0. The molecule has 1 aliphatic rings. The van der Waals surface area contributed by atoms with Crippen molar-refractivity contribution < 1.29 is 4.79 Å². The number of carbonyl (C=O) groups is 1. The van der Waals surface area contributed by atoms with Gasteiger partial charge in [-0.05, 0) is 25.2 Å². The molecule has 4 nitrogen and oxygen atoms in total. The van der Waals surface area contributed by atoms with Gasteiger partial charge in [-0.3, -0.25) is 4.79 Å². The van der Waals surface area contributed by atoms with Crippen molar-refractivity contribution in [2.75, 3.05) is 5.32 Å². The van der Waals surface area contributed by atoms with Crippen LogP contribution in [0.3, 0.4) is 0 Å². The Morgan fingerprint density at radius 3 is 2.89 bits per heavy atom. The number of nitrogens with zero attached hydrogens (tertiary/aromatic N) is 2. The van der Waals surface area contributed by atoms with Gasteiger partial charge in [0.1, 0.15) is 5.01 Å². The number of hydrogen-bond acceptors (Lipinski definition) is 4. The molecule has 1 N–H and O–H groups in total. The topological polar surface area (TPSA) is 54.9 Å². The molecule has 18 heavy (non-hydrogen) atoms. The second-order valence-electron chi connectivity index (χ2n) is 5.01. The fourth-order valence-electron chi connectivity index (χ4n) is 2.38. The number of anilines is 1. The lowest BCUT2D eigenvalue weighted by atomic mass is 10.0. The molecule has 2 rings (SSSR count). The van der Waals surface area contributed by atoms with Crippen LogP contribution >= 0.6 is 11.3 Å². The smallest absolute Gasteiger partial charge is 0.226 e. The molecular formula is C13H21N3OS. The lowest BCUT2D eigenvalue weighted by Gasteiger charge is -2.06. The molecule has 0 bridgehead atoms. The van der Waals surface area contributed by atoms with Crippen molar-refractivity contribution in [1.82, 2.24) is 10.2 Å². The maximum atomic E-state index is 11.8. The number of aromatic nitrogens is 2. The molecule has 100 valence electrons. The Bertz CT molecular complexity index is 385. The highest BCUT2D eigenvalue weighted by molar-refractivity contribution is 7.15. The van der Waals surface area contributed by atoms with Crippen LogP contribution in [0.15, 0.2) is 0 Å². The molecule has 1 aliphatic carbocycles. The summed E-state index contributed by atoms with van der Waals surface area (Å²) in [4.78, 5) is 11.8. The van der Waals surface area contributed by atoms with E-state index in [9.17, 15) is 4.79 Å². The lowest BCUT2D eigenvalue weighted by Crippen LogP contribution is -2.14. The third kappa shape index (κ3) is 4.05. The van der Waals surface area contributed by atoms with Crippen molar-refractivity contribution in [2.24, 2.45) is 5.92 Å². The van der Waals surface area contributed by atoms with Crippen LogP contribution < -0.4 is 5.32 Å². The predicted molar refractivity (Wildman–Crippen MR) is 73.7 cm³/mol. The molecule has 1 heterocycles. The van der Waals surface area contributed by atoms with E-state index in [-0.39, 0.29) is 5.91 Å². The van der Waals surface area contributed by atoms with Gasteiger partial charge in [0.25, 0.3) is 0 Å². The summed E-state index contributed by atoms with van der Waals surface area (Å²) in [7, 11) is 0. The molecular weight excluding hydrogens is 246 g/mol. The van der Waals surface area contributed by atoms with Crippen molar-refractivity contribution >= 4 is 22.4 Å². The number of aryl methyl sites for hydroxylation is 1. The first-order chi connectivity index (χ1) is 8.78. The van der Waals surface area contributed by atoms with E-state index in [2.05, 4.69) is 22.4 Å². The third-order valence-electron chi connectivity index (χ3n) is 3.41. The summed E-state index contributed by atoms with van der Waals surface area (Å²) in [5.41, 5.74) is 0. The normalized spacial score (nSPS) is 16.1. The summed E-state index contributed by atoms with van der Waals surface area (Å²) in [6.45, 7) is 2.16. The highest BCUT2D eigenvalue weighted by Gasteiger charge is 2.19. The zero-order valence-corrected chi connectivity index (χ0v) is 11.8. The van der Waals surface area contributed by atoms with E-state index in [1.807, 2.05) is 0 Å². The van der Waals surface area contributed by atoms with Crippen LogP contribution in [0.25, 0.3) is 0 Å². The average molecular weight is 267 g/mol. The molecule has 1 amide bonds. The summed E-state index contributed by atoms with van der Waals surface area (Å²) in [6, 6.07) is 0. The van der Waals surface area contributed by atoms with E-state index in [0.717, 1.165) is 24.3 Å². The van der Waals surface area contributed by atoms with Crippen LogP contribution in [0.2, 0.25) is 0 Å². The van der Waals surface area contributed by atoms with Gasteiger partial charge in [0.15, 0.2) is 0 Å². The van der Waals surface area contributed by atoms with Crippen LogP contribution in [0, 0.1) is 5.92 Å². The Kier molecular flexibility index (Phi) is 5.11. The minimum atomic E-state index is 0.0973. The molecule has 0 saturated heterocycles. The fourth-order valence-corrected chi connectivity index (χ4v) is 3.18. The highest BCUT2D eigenvalue weighted by Crippen LogP contribution is 2.28. The molecule has 1 aromatic rings. The second-order valence-corrected chi connectivity index (χ2v) is 6.07. The number of carbonyl (C=O) groups excluding carboxylic acids is 1. The van der Waals surface area contributed by atoms with Crippen molar-refractivity contribution in [3.05, 3.63) is 5.01 Å². The first kappa shape index (κ1) is 13.5. The number of unbranched alkanes of at least 4 members (excludes halogenated alkanes) is 1. The third-order valence-corrected chi connectivity index (χ3v) is 4.30. The molecule has 0 unspecified atom stereocenters. The van der Waals surface area contributed by atoms with Crippen molar-refractivity contribution in [3.8, 4) is 0 Å². The van der Waals surface area contributed by atoms with Crippen molar-refractivity contribution in [1.29, 1.82) is 0 Å². The highest BCUT2D eigenvalue weighted by atomic mass is 32.1. The molecule has 1 fully saturated rings. The van der Waals surface area contributed by atoms with E-state index in [1.54, 1.807) is 0 Å². The lowest BCUT2D eigenvalue weighted by molar-refractivity contribution is -0.117. The van der Waals surface area contributed by atoms with E-state index in [4.69, 9.17) is 0 Å². The van der Waals surface area contributed by atoms with Gasteiger partial charge < -0.3 is 5.32 Å². The van der Waals surface area contributed by atoms with Gasteiger partial charge in [-0.1, -0.05) is 37.5 Å².